The van der Waals surface area contributed by atoms with Crippen LogP contribution in [0.1, 0.15) is 16.8 Å². The topological polar surface area (TPSA) is 49.8 Å². The number of carbonyl (C=O) groups excluding carboxylic acids is 1. The number of carbonyl (C=O) groups is 1. The van der Waals surface area contributed by atoms with Crippen molar-refractivity contribution in [2.75, 3.05) is 20.2 Å². The fourth-order valence-corrected chi connectivity index (χ4v) is 1.93. The van der Waals surface area contributed by atoms with Crippen LogP contribution in [0.2, 0.25) is 0 Å². The van der Waals surface area contributed by atoms with Gasteiger partial charge in [-0.1, -0.05) is 6.07 Å². The summed E-state index contributed by atoms with van der Waals surface area (Å²) < 4.78 is 5.21. The first-order valence-electron chi connectivity index (χ1n) is 5.32. The number of nitrogens with zero attached hydrogens (tertiary/aromatic N) is 1. The van der Waals surface area contributed by atoms with E-state index >= 15 is 0 Å². The van der Waals surface area contributed by atoms with E-state index in [9.17, 15) is 9.90 Å². The van der Waals surface area contributed by atoms with Crippen molar-refractivity contribution in [3.05, 3.63) is 29.8 Å². The number of methoxy groups -OCH3 is 1. The van der Waals surface area contributed by atoms with E-state index in [0.717, 1.165) is 6.42 Å². The van der Waals surface area contributed by atoms with Crippen LogP contribution in [0.3, 0.4) is 0 Å². The van der Waals surface area contributed by atoms with Crippen molar-refractivity contribution in [2.45, 2.75) is 12.5 Å². The first-order valence-corrected chi connectivity index (χ1v) is 5.32. The van der Waals surface area contributed by atoms with Crippen LogP contribution in [0, 0.1) is 0 Å². The number of phenolic OH excluding ortho intramolecular Hbond substituents is 1. The van der Waals surface area contributed by atoms with Gasteiger partial charge in [0.2, 0.25) is 0 Å². The van der Waals surface area contributed by atoms with E-state index in [1.165, 1.54) is 6.07 Å². The predicted molar refractivity (Wildman–Crippen MR) is 59.4 cm³/mol. The van der Waals surface area contributed by atoms with Gasteiger partial charge < -0.3 is 14.7 Å². The van der Waals surface area contributed by atoms with Gasteiger partial charge in [0.05, 0.1) is 6.10 Å². The molecule has 1 unspecified atom stereocenters. The van der Waals surface area contributed by atoms with Crippen LogP contribution >= 0.6 is 0 Å². The van der Waals surface area contributed by atoms with Gasteiger partial charge in [-0.15, -0.1) is 0 Å². The largest absolute Gasteiger partial charge is 0.508 e. The second-order valence-electron chi connectivity index (χ2n) is 3.95. The van der Waals surface area contributed by atoms with Gasteiger partial charge in [-0.2, -0.15) is 0 Å². The molecule has 0 spiro atoms. The monoisotopic (exact) mass is 221 g/mol. The molecule has 86 valence electrons. The molecule has 4 nitrogen and oxygen atoms in total. The molecule has 0 radical (unpaired) electrons. The molecule has 1 heterocycles. The van der Waals surface area contributed by atoms with E-state index in [4.69, 9.17) is 4.74 Å². The molecule has 1 aliphatic heterocycles. The fraction of sp³-hybridized carbons (Fsp3) is 0.417. The number of likely N-dealkylation sites (tertiary alicyclic amines) is 1. The minimum absolute atomic E-state index is 0.0459. The van der Waals surface area contributed by atoms with Gasteiger partial charge in [0.15, 0.2) is 0 Å². The second kappa shape index (κ2) is 4.53. The van der Waals surface area contributed by atoms with E-state index in [1.54, 1.807) is 30.2 Å². The van der Waals surface area contributed by atoms with Crippen molar-refractivity contribution in [1.82, 2.24) is 4.90 Å². The smallest absolute Gasteiger partial charge is 0.254 e. The summed E-state index contributed by atoms with van der Waals surface area (Å²) in [7, 11) is 1.66. The zero-order valence-corrected chi connectivity index (χ0v) is 9.22. The Morgan fingerprint density at radius 3 is 3.00 bits per heavy atom. The van der Waals surface area contributed by atoms with E-state index < -0.39 is 0 Å². The standard InChI is InChI=1S/C12H15NO3/c1-16-11-5-6-13(8-11)12(15)9-3-2-4-10(14)7-9/h2-4,7,11,14H,5-6,8H2,1H3. The summed E-state index contributed by atoms with van der Waals surface area (Å²) in [6.45, 7) is 1.35. The number of amides is 1. The summed E-state index contributed by atoms with van der Waals surface area (Å²) in [5.74, 6) is 0.0730. The van der Waals surface area contributed by atoms with Crippen molar-refractivity contribution in [3.63, 3.8) is 0 Å². The van der Waals surface area contributed by atoms with Crippen LogP contribution in [0.4, 0.5) is 0 Å². The number of hydrogen-bond donors (Lipinski definition) is 1. The first kappa shape index (κ1) is 11.0. The Morgan fingerprint density at radius 1 is 1.56 bits per heavy atom. The average molecular weight is 221 g/mol. The van der Waals surface area contributed by atoms with Gasteiger partial charge in [-0.3, -0.25) is 4.79 Å². The highest BCUT2D eigenvalue weighted by Crippen LogP contribution is 2.17. The van der Waals surface area contributed by atoms with Crippen LogP contribution in [-0.2, 0) is 4.74 Å². The Balaban J connectivity index is 2.08. The van der Waals surface area contributed by atoms with Crippen LogP contribution in [-0.4, -0.2) is 42.2 Å². The van der Waals surface area contributed by atoms with E-state index in [-0.39, 0.29) is 17.8 Å². The fourth-order valence-electron chi connectivity index (χ4n) is 1.93. The normalized spacial score (nSPS) is 20.1. The molecule has 1 fully saturated rings. The number of rotatable bonds is 2. The van der Waals surface area contributed by atoms with Gasteiger partial charge in [-0.05, 0) is 24.6 Å². The van der Waals surface area contributed by atoms with Crippen molar-refractivity contribution >= 4 is 5.91 Å². The highest BCUT2D eigenvalue weighted by Gasteiger charge is 2.26. The molecule has 0 saturated carbocycles. The Hall–Kier alpha value is -1.55. The Kier molecular flexibility index (Phi) is 3.10. The van der Waals surface area contributed by atoms with Gasteiger partial charge in [0.25, 0.3) is 5.91 Å². The summed E-state index contributed by atoms with van der Waals surface area (Å²) >= 11 is 0. The molecule has 0 bridgehead atoms. The quantitative estimate of drug-likeness (QED) is 0.817. The predicted octanol–water partition coefficient (Wildman–Crippen LogP) is 1.25. The molecule has 1 aromatic rings. The molecule has 1 saturated heterocycles. The maximum atomic E-state index is 12.0. The SMILES string of the molecule is COC1CCN(C(=O)c2cccc(O)c2)C1. The molecule has 1 N–H and O–H groups in total. The molecule has 0 aromatic heterocycles. The third kappa shape index (κ3) is 2.17. The highest BCUT2D eigenvalue weighted by atomic mass is 16.5. The molecule has 1 aliphatic rings. The molecule has 0 aliphatic carbocycles. The molecule has 1 amide bonds. The third-order valence-corrected chi connectivity index (χ3v) is 2.86. The van der Waals surface area contributed by atoms with E-state index in [1.807, 2.05) is 0 Å². The van der Waals surface area contributed by atoms with Crippen LogP contribution < -0.4 is 0 Å². The molecular formula is C12H15NO3. The van der Waals surface area contributed by atoms with Crippen molar-refractivity contribution in [2.24, 2.45) is 0 Å². The Morgan fingerprint density at radius 2 is 2.38 bits per heavy atom. The van der Waals surface area contributed by atoms with Gasteiger partial charge in [0.1, 0.15) is 5.75 Å². The lowest BCUT2D eigenvalue weighted by Crippen LogP contribution is -2.29. The molecule has 4 heteroatoms. The molecule has 1 aromatic carbocycles. The lowest BCUT2D eigenvalue weighted by molar-refractivity contribution is 0.0724. The van der Waals surface area contributed by atoms with Crippen molar-refractivity contribution in [1.29, 1.82) is 0 Å². The minimum Gasteiger partial charge on any atom is -0.508 e. The number of aromatic hydroxyl groups is 1. The van der Waals surface area contributed by atoms with Crippen molar-refractivity contribution in [3.8, 4) is 5.75 Å². The molecule has 2 rings (SSSR count). The van der Waals surface area contributed by atoms with Crippen LogP contribution in [0.15, 0.2) is 24.3 Å². The first-order chi connectivity index (χ1) is 7.70. The van der Waals surface area contributed by atoms with E-state index in [2.05, 4.69) is 0 Å². The van der Waals surface area contributed by atoms with Gasteiger partial charge in [0, 0.05) is 25.8 Å². The van der Waals surface area contributed by atoms with Crippen molar-refractivity contribution < 1.29 is 14.6 Å². The molecular weight excluding hydrogens is 206 g/mol. The zero-order chi connectivity index (χ0) is 11.5. The number of benzene rings is 1. The molecule has 1 atom stereocenters. The number of hydrogen-bond acceptors (Lipinski definition) is 3. The van der Waals surface area contributed by atoms with Gasteiger partial charge in [-0.25, -0.2) is 0 Å². The number of ether oxygens (including phenoxy) is 1. The zero-order valence-electron chi connectivity index (χ0n) is 9.22. The summed E-state index contributed by atoms with van der Waals surface area (Å²) in [4.78, 5) is 13.8. The summed E-state index contributed by atoms with van der Waals surface area (Å²) in [6.07, 6.45) is 1.02. The summed E-state index contributed by atoms with van der Waals surface area (Å²) in [5, 5.41) is 9.31. The number of phenols is 1. The summed E-state index contributed by atoms with van der Waals surface area (Å²) in [6, 6.07) is 6.43. The second-order valence-corrected chi connectivity index (χ2v) is 3.95. The van der Waals surface area contributed by atoms with Crippen LogP contribution in [0.25, 0.3) is 0 Å². The van der Waals surface area contributed by atoms with Gasteiger partial charge >= 0.3 is 0 Å². The Bertz CT molecular complexity index is 392. The minimum atomic E-state index is -0.0459. The lowest BCUT2D eigenvalue weighted by Gasteiger charge is -2.16. The van der Waals surface area contributed by atoms with Crippen LogP contribution in [0.5, 0.6) is 5.75 Å². The maximum absolute atomic E-state index is 12.0. The Labute approximate surface area is 94.4 Å². The van der Waals surface area contributed by atoms with E-state index in [0.29, 0.717) is 18.7 Å². The lowest BCUT2D eigenvalue weighted by atomic mass is 10.2. The maximum Gasteiger partial charge on any atom is 0.254 e. The molecule has 16 heavy (non-hydrogen) atoms. The third-order valence-electron chi connectivity index (χ3n) is 2.86. The summed E-state index contributed by atoms with van der Waals surface area (Å²) in [5.41, 5.74) is 0.525. The highest BCUT2D eigenvalue weighted by molar-refractivity contribution is 5.94. The average Bonchev–Trinajstić information content (AvgIpc) is 2.76.